The summed E-state index contributed by atoms with van der Waals surface area (Å²) in [5.74, 6) is -0.778. The summed E-state index contributed by atoms with van der Waals surface area (Å²) in [5, 5.41) is 0. The minimum atomic E-state index is -0.552. The first-order valence-electron chi connectivity index (χ1n) is 8.67. The molecule has 6 nitrogen and oxygen atoms in total. The van der Waals surface area contributed by atoms with Crippen molar-refractivity contribution in [2.45, 2.75) is 52.6 Å². The van der Waals surface area contributed by atoms with Gasteiger partial charge in [0.1, 0.15) is 17.1 Å². The molecule has 144 valence electrons. The number of benzene rings is 1. The van der Waals surface area contributed by atoms with Crippen LogP contribution in [-0.2, 0) is 30.3 Å². The van der Waals surface area contributed by atoms with Gasteiger partial charge in [-0.3, -0.25) is 9.59 Å². The Hall–Kier alpha value is -2.37. The number of methoxy groups -OCH3 is 1. The highest BCUT2D eigenvalue weighted by atomic mass is 16.6. The molecule has 0 spiro atoms. The van der Waals surface area contributed by atoms with E-state index in [9.17, 15) is 14.4 Å². The maximum Gasteiger partial charge on any atom is 0.344 e. The van der Waals surface area contributed by atoms with E-state index in [-0.39, 0.29) is 18.8 Å². The van der Waals surface area contributed by atoms with E-state index in [1.165, 1.54) is 7.11 Å². The van der Waals surface area contributed by atoms with Crippen molar-refractivity contribution < 1.29 is 28.6 Å². The molecule has 0 saturated heterocycles. The molecule has 1 aromatic rings. The van der Waals surface area contributed by atoms with Crippen molar-refractivity contribution in [1.29, 1.82) is 0 Å². The van der Waals surface area contributed by atoms with Crippen LogP contribution in [0.15, 0.2) is 24.3 Å². The van der Waals surface area contributed by atoms with Crippen LogP contribution in [0.1, 0.15) is 46.1 Å². The van der Waals surface area contributed by atoms with Crippen LogP contribution in [0.5, 0.6) is 5.75 Å². The van der Waals surface area contributed by atoms with E-state index in [4.69, 9.17) is 14.2 Å². The molecule has 0 aliphatic heterocycles. The largest absolute Gasteiger partial charge is 0.482 e. The Balaban J connectivity index is 2.63. The van der Waals surface area contributed by atoms with Crippen molar-refractivity contribution in [2.24, 2.45) is 5.92 Å². The molecular weight excluding hydrogens is 336 g/mol. The van der Waals surface area contributed by atoms with Gasteiger partial charge < -0.3 is 14.2 Å². The molecule has 0 aliphatic carbocycles. The summed E-state index contributed by atoms with van der Waals surface area (Å²) in [6.45, 7) is 6.97. The van der Waals surface area contributed by atoms with E-state index in [1.807, 2.05) is 0 Å². The van der Waals surface area contributed by atoms with Gasteiger partial charge in [0, 0.05) is 12.8 Å². The SMILES string of the molecule is CCC(=O)C[C@@H](Cc1ccc(OCC(=O)OC(C)(C)C)cc1)C(=O)OC. The topological polar surface area (TPSA) is 78.9 Å². The molecule has 0 heterocycles. The molecule has 0 unspecified atom stereocenters. The second-order valence-corrected chi connectivity index (χ2v) is 7.04. The molecule has 0 aromatic heterocycles. The van der Waals surface area contributed by atoms with Gasteiger partial charge in [-0.2, -0.15) is 0 Å². The van der Waals surface area contributed by atoms with Crippen molar-refractivity contribution in [3.8, 4) is 5.75 Å². The van der Waals surface area contributed by atoms with Crippen molar-refractivity contribution >= 4 is 17.7 Å². The highest BCUT2D eigenvalue weighted by Crippen LogP contribution is 2.19. The third-order valence-corrected chi connectivity index (χ3v) is 3.59. The number of rotatable bonds is 9. The minimum Gasteiger partial charge on any atom is -0.482 e. The number of Topliss-reactive ketones (excluding diaryl/α,β-unsaturated/α-hetero) is 1. The maximum absolute atomic E-state index is 11.9. The summed E-state index contributed by atoms with van der Waals surface area (Å²) in [5.41, 5.74) is 0.331. The lowest BCUT2D eigenvalue weighted by atomic mass is 9.93. The molecule has 1 rings (SSSR count). The molecule has 0 fully saturated rings. The van der Waals surface area contributed by atoms with Crippen molar-refractivity contribution in [3.63, 3.8) is 0 Å². The number of esters is 2. The van der Waals surface area contributed by atoms with Crippen LogP contribution in [0, 0.1) is 5.92 Å². The molecule has 6 heteroatoms. The van der Waals surface area contributed by atoms with Crippen LogP contribution in [-0.4, -0.2) is 37.0 Å². The van der Waals surface area contributed by atoms with Gasteiger partial charge in [0.25, 0.3) is 0 Å². The van der Waals surface area contributed by atoms with Crippen molar-refractivity contribution in [3.05, 3.63) is 29.8 Å². The second kappa shape index (κ2) is 9.94. The average Bonchev–Trinajstić information content (AvgIpc) is 2.58. The van der Waals surface area contributed by atoms with Gasteiger partial charge in [-0.25, -0.2) is 4.79 Å². The monoisotopic (exact) mass is 364 g/mol. The molecule has 1 aromatic carbocycles. The fourth-order valence-corrected chi connectivity index (χ4v) is 2.34. The van der Waals surface area contributed by atoms with Gasteiger partial charge >= 0.3 is 11.9 Å². The van der Waals surface area contributed by atoms with Gasteiger partial charge in [0.05, 0.1) is 13.0 Å². The van der Waals surface area contributed by atoms with Crippen LogP contribution in [0.2, 0.25) is 0 Å². The molecule has 0 bridgehead atoms. The van der Waals surface area contributed by atoms with Crippen LogP contribution in [0.3, 0.4) is 0 Å². The van der Waals surface area contributed by atoms with Gasteiger partial charge in [0.2, 0.25) is 0 Å². The molecule has 26 heavy (non-hydrogen) atoms. The third-order valence-electron chi connectivity index (χ3n) is 3.59. The Morgan fingerprint density at radius 1 is 1.08 bits per heavy atom. The molecular formula is C20H28O6. The number of carbonyl (C=O) groups is 3. The van der Waals surface area contributed by atoms with E-state index in [0.29, 0.717) is 18.6 Å². The lowest BCUT2D eigenvalue weighted by Crippen LogP contribution is -2.27. The lowest BCUT2D eigenvalue weighted by molar-refractivity contribution is -0.157. The number of ketones is 1. The molecule has 0 aliphatic rings. The molecule has 0 N–H and O–H groups in total. The van der Waals surface area contributed by atoms with Gasteiger partial charge in [-0.05, 0) is 44.9 Å². The summed E-state index contributed by atoms with van der Waals surface area (Å²) in [7, 11) is 1.32. The second-order valence-electron chi connectivity index (χ2n) is 7.04. The third kappa shape index (κ3) is 8.14. The predicted molar refractivity (Wildman–Crippen MR) is 96.9 cm³/mol. The van der Waals surface area contributed by atoms with E-state index >= 15 is 0 Å². The average molecular weight is 364 g/mol. The summed E-state index contributed by atoms with van der Waals surface area (Å²) >= 11 is 0. The number of carbonyl (C=O) groups excluding carboxylic acids is 3. The Labute approximate surface area is 154 Å². The van der Waals surface area contributed by atoms with Crippen LogP contribution in [0.25, 0.3) is 0 Å². The minimum absolute atomic E-state index is 0.0257. The zero-order valence-corrected chi connectivity index (χ0v) is 16.2. The quantitative estimate of drug-likeness (QED) is 0.627. The Bertz CT molecular complexity index is 612. The van der Waals surface area contributed by atoms with E-state index in [1.54, 1.807) is 52.0 Å². The first-order chi connectivity index (χ1) is 12.1. The van der Waals surface area contributed by atoms with Crippen LogP contribution in [0.4, 0.5) is 0 Å². The number of ether oxygens (including phenoxy) is 3. The summed E-state index contributed by atoms with van der Waals surface area (Å²) < 4.78 is 15.4. The fourth-order valence-electron chi connectivity index (χ4n) is 2.34. The molecule has 0 radical (unpaired) electrons. The van der Waals surface area contributed by atoms with Crippen molar-refractivity contribution in [2.75, 3.05) is 13.7 Å². The summed E-state index contributed by atoms with van der Waals surface area (Å²) in [4.78, 5) is 35.2. The zero-order valence-electron chi connectivity index (χ0n) is 16.2. The zero-order chi connectivity index (χ0) is 19.7. The molecule has 1 atom stereocenters. The normalized spacial score (nSPS) is 12.2. The van der Waals surface area contributed by atoms with Gasteiger partial charge in [-0.15, -0.1) is 0 Å². The Morgan fingerprint density at radius 2 is 1.69 bits per heavy atom. The number of hydrogen-bond donors (Lipinski definition) is 0. The Kier molecular flexibility index (Phi) is 8.29. The predicted octanol–water partition coefficient (Wildman–Crippen LogP) is 3.11. The smallest absolute Gasteiger partial charge is 0.344 e. The maximum atomic E-state index is 11.9. The summed E-state index contributed by atoms with van der Waals surface area (Å²) in [6.07, 6.45) is 0.968. The first kappa shape index (κ1) is 21.7. The molecule has 0 saturated carbocycles. The standard InChI is InChI=1S/C20H28O6/c1-6-16(21)12-15(19(23)24-5)11-14-7-9-17(10-8-14)25-13-18(22)26-20(2,3)4/h7-10,15H,6,11-13H2,1-5H3/t15-/m1/s1. The molecule has 0 amide bonds. The van der Waals surface area contributed by atoms with Crippen LogP contribution < -0.4 is 4.74 Å². The van der Waals surface area contributed by atoms with E-state index in [0.717, 1.165) is 5.56 Å². The van der Waals surface area contributed by atoms with Gasteiger partial charge in [0.15, 0.2) is 6.61 Å². The lowest BCUT2D eigenvalue weighted by Gasteiger charge is -2.19. The highest BCUT2D eigenvalue weighted by molar-refractivity contribution is 5.84. The van der Waals surface area contributed by atoms with Crippen LogP contribution >= 0.6 is 0 Å². The highest BCUT2D eigenvalue weighted by Gasteiger charge is 2.22. The van der Waals surface area contributed by atoms with Gasteiger partial charge in [-0.1, -0.05) is 19.1 Å². The number of hydrogen-bond acceptors (Lipinski definition) is 6. The van der Waals surface area contributed by atoms with Crippen molar-refractivity contribution in [1.82, 2.24) is 0 Å². The first-order valence-corrected chi connectivity index (χ1v) is 8.67. The van der Waals surface area contributed by atoms with E-state index in [2.05, 4.69) is 0 Å². The Morgan fingerprint density at radius 3 is 2.19 bits per heavy atom. The van der Waals surface area contributed by atoms with E-state index < -0.39 is 23.5 Å². The summed E-state index contributed by atoms with van der Waals surface area (Å²) in [6, 6.07) is 7.04. The fraction of sp³-hybridized carbons (Fsp3) is 0.550.